The van der Waals surface area contributed by atoms with E-state index in [0.29, 0.717) is 17.1 Å². The number of ketones is 1. The molecule has 0 aliphatic heterocycles. The third kappa shape index (κ3) is 3.92. The number of Topliss-reactive ketones (excluding diaryl/α,β-unsaturated/α-hetero) is 1. The number of aromatic nitrogens is 2. The molecule has 1 aromatic carbocycles. The van der Waals surface area contributed by atoms with Gasteiger partial charge in [0.1, 0.15) is 0 Å². The molecule has 2 rings (SSSR count). The molecule has 6 nitrogen and oxygen atoms in total. The summed E-state index contributed by atoms with van der Waals surface area (Å²) in [5, 5.41) is 6.77. The number of nitrogens with zero attached hydrogens (tertiary/aromatic N) is 2. The van der Waals surface area contributed by atoms with Crippen molar-refractivity contribution >= 4 is 17.4 Å². The van der Waals surface area contributed by atoms with Crippen LogP contribution in [0, 0.1) is 6.92 Å². The van der Waals surface area contributed by atoms with Crippen molar-refractivity contribution in [1.29, 1.82) is 0 Å². The van der Waals surface area contributed by atoms with E-state index in [1.807, 2.05) is 6.92 Å². The van der Waals surface area contributed by atoms with Crippen LogP contribution in [0.25, 0.3) is 0 Å². The number of nitrogens with one attached hydrogen (secondary N) is 1. The zero-order valence-corrected chi connectivity index (χ0v) is 12.2. The summed E-state index contributed by atoms with van der Waals surface area (Å²) in [6.45, 7) is 3.24. The maximum absolute atomic E-state index is 11.8. The van der Waals surface area contributed by atoms with Crippen LogP contribution < -0.4 is 10.1 Å². The molecule has 0 radical (unpaired) electrons. The molecule has 0 aliphatic carbocycles. The number of carbonyl (C=O) groups excluding carboxylic acids is 2. The molecule has 0 fully saturated rings. The van der Waals surface area contributed by atoms with Gasteiger partial charge in [0.05, 0.1) is 0 Å². The highest BCUT2D eigenvalue weighted by molar-refractivity contribution is 5.97. The average molecular weight is 287 g/mol. The average Bonchev–Trinajstić information content (AvgIpc) is 2.76. The zero-order chi connectivity index (χ0) is 15.4. The molecule has 0 saturated carbocycles. The lowest BCUT2D eigenvalue weighted by atomic mass is 10.1. The minimum Gasteiger partial charge on any atom is -0.466 e. The molecule has 2 aromatic rings. The molecule has 1 heterocycles. The summed E-state index contributed by atoms with van der Waals surface area (Å²) >= 11 is 0. The number of ether oxygens (including phenoxy) is 1. The molecular formula is C15H17N3O3. The second kappa shape index (κ2) is 6.21. The lowest BCUT2D eigenvalue weighted by Gasteiger charge is -2.06. The number of rotatable bonds is 5. The zero-order valence-electron chi connectivity index (χ0n) is 12.2. The molecule has 1 N–H and O–H groups in total. The number of aryl methyl sites for hydroxylation is 2. The third-order valence-corrected chi connectivity index (χ3v) is 3.00. The number of hydrogen-bond donors (Lipinski definition) is 1. The van der Waals surface area contributed by atoms with Crippen LogP contribution >= 0.6 is 0 Å². The van der Waals surface area contributed by atoms with Crippen LogP contribution in [-0.4, -0.2) is 28.1 Å². The van der Waals surface area contributed by atoms with Crippen LogP contribution in [0.3, 0.4) is 0 Å². The van der Waals surface area contributed by atoms with Gasteiger partial charge in [-0.05, 0) is 26.0 Å². The Bertz CT molecular complexity index is 657. The van der Waals surface area contributed by atoms with E-state index in [-0.39, 0.29) is 18.3 Å². The Labute approximate surface area is 122 Å². The minimum absolute atomic E-state index is 0.0497. The van der Waals surface area contributed by atoms with E-state index >= 15 is 0 Å². The topological polar surface area (TPSA) is 73.2 Å². The molecule has 110 valence electrons. The minimum atomic E-state index is -0.306. The van der Waals surface area contributed by atoms with Crippen LogP contribution in [0.5, 0.6) is 5.88 Å². The highest BCUT2D eigenvalue weighted by atomic mass is 16.5. The summed E-state index contributed by atoms with van der Waals surface area (Å²) in [4.78, 5) is 23.1. The fraction of sp³-hybridized carbons (Fsp3) is 0.267. The van der Waals surface area contributed by atoms with Gasteiger partial charge in [0.15, 0.2) is 12.4 Å². The fourth-order valence-corrected chi connectivity index (χ4v) is 1.75. The van der Waals surface area contributed by atoms with Crippen molar-refractivity contribution < 1.29 is 14.3 Å². The summed E-state index contributed by atoms with van der Waals surface area (Å²) in [7, 11) is 1.80. The first kappa shape index (κ1) is 14.8. The Hall–Kier alpha value is -2.63. The van der Waals surface area contributed by atoms with E-state index in [9.17, 15) is 9.59 Å². The smallest absolute Gasteiger partial charge is 0.262 e. The van der Waals surface area contributed by atoms with Crippen molar-refractivity contribution in [2.45, 2.75) is 13.8 Å². The second-order valence-corrected chi connectivity index (χ2v) is 4.72. The van der Waals surface area contributed by atoms with Crippen molar-refractivity contribution in [3.63, 3.8) is 0 Å². The number of carbonyl (C=O) groups is 2. The summed E-state index contributed by atoms with van der Waals surface area (Å²) in [5.74, 6) is 0.0490. The lowest BCUT2D eigenvalue weighted by molar-refractivity contribution is -0.118. The number of hydrogen-bond acceptors (Lipinski definition) is 4. The monoisotopic (exact) mass is 287 g/mol. The highest BCUT2D eigenvalue weighted by Crippen LogP contribution is 2.12. The molecule has 1 aromatic heterocycles. The van der Waals surface area contributed by atoms with Crippen LogP contribution in [0.15, 0.2) is 30.3 Å². The van der Waals surface area contributed by atoms with Crippen LogP contribution in [0.1, 0.15) is 23.0 Å². The van der Waals surface area contributed by atoms with Crippen LogP contribution in [0.2, 0.25) is 0 Å². The molecule has 6 heteroatoms. The summed E-state index contributed by atoms with van der Waals surface area (Å²) in [6, 6.07) is 8.52. The molecule has 1 amide bonds. The van der Waals surface area contributed by atoms with E-state index in [2.05, 4.69) is 10.4 Å². The Morgan fingerprint density at radius 3 is 2.71 bits per heavy atom. The summed E-state index contributed by atoms with van der Waals surface area (Å²) in [6.07, 6.45) is 0. The van der Waals surface area contributed by atoms with Crippen molar-refractivity contribution in [1.82, 2.24) is 9.78 Å². The van der Waals surface area contributed by atoms with Gasteiger partial charge in [-0.15, -0.1) is 5.10 Å². The lowest BCUT2D eigenvalue weighted by Crippen LogP contribution is -2.20. The van der Waals surface area contributed by atoms with E-state index in [1.54, 1.807) is 42.1 Å². The summed E-state index contributed by atoms with van der Waals surface area (Å²) in [5.41, 5.74) is 2.06. The van der Waals surface area contributed by atoms with Crippen molar-refractivity contribution in [2.75, 3.05) is 11.9 Å². The van der Waals surface area contributed by atoms with Crippen LogP contribution in [-0.2, 0) is 11.8 Å². The molecule has 0 bridgehead atoms. The van der Waals surface area contributed by atoms with Crippen molar-refractivity contribution in [2.24, 2.45) is 7.05 Å². The first-order chi connectivity index (χ1) is 9.95. The Morgan fingerprint density at radius 2 is 2.10 bits per heavy atom. The fourth-order valence-electron chi connectivity index (χ4n) is 1.75. The van der Waals surface area contributed by atoms with E-state index in [0.717, 1.165) is 5.69 Å². The van der Waals surface area contributed by atoms with Gasteiger partial charge < -0.3 is 10.1 Å². The van der Waals surface area contributed by atoms with E-state index in [1.165, 1.54) is 6.92 Å². The third-order valence-electron chi connectivity index (χ3n) is 3.00. The molecule has 0 aliphatic rings. The Morgan fingerprint density at radius 1 is 1.33 bits per heavy atom. The van der Waals surface area contributed by atoms with E-state index in [4.69, 9.17) is 4.74 Å². The molecule has 0 unspecified atom stereocenters. The second-order valence-electron chi connectivity index (χ2n) is 4.72. The highest BCUT2D eigenvalue weighted by Gasteiger charge is 2.08. The van der Waals surface area contributed by atoms with Gasteiger partial charge in [-0.25, -0.2) is 0 Å². The maximum Gasteiger partial charge on any atom is 0.262 e. The number of amides is 1. The SMILES string of the molecule is CC(=O)c1cccc(NC(=O)COc2cc(C)n(C)n2)c1. The van der Waals surface area contributed by atoms with Gasteiger partial charge in [0.2, 0.25) is 5.88 Å². The van der Waals surface area contributed by atoms with Gasteiger partial charge >= 0.3 is 0 Å². The van der Waals surface area contributed by atoms with Gasteiger partial charge in [0.25, 0.3) is 5.91 Å². The van der Waals surface area contributed by atoms with Crippen molar-refractivity contribution in [3.05, 3.63) is 41.6 Å². The molecule has 0 saturated heterocycles. The van der Waals surface area contributed by atoms with Crippen molar-refractivity contribution in [3.8, 4) is 5.88 Å². The molecule has 0 atom stereocenters. The normalized spacial score (nSPS) is 10.2. The number of anilines is 1. The Balaban J connectivity index is 1.92. The van der Waals surface area contributed by atoms with Gasteiger partial charge in [-0.2, -0.15) is 0 Å². The van der Waals surface area contributed by atoms with Gasteiger partial charge in [-0.1, -0.05) is 12.1 Å². The summed E-state index contributed by atoms with van der Waals surface area (Å²) < 4.78 is 6.98. The van der Waals surface area contributed by atoms with E-state index < -0.39 is 0 Å². The maximum atomic E-state index is 11.8. The first-order valence-electron chi connectivity index (χ1n) is 6.50. The van der Waals surface area contributed by atoms with Gasteiger partial charge in [0, 0.05) is 30.1 Å². The molecule has 0 spiro atoms. The molecular weight excluding hydrogens is 270 g/mol. The largest absolute Gasteiger partial charge is 0.466 e. The van der Waals surface area contributed by atoms with Gasteiger partial charge in [-0.3, -0.25) is 14.3 Å². The van der Waals surface area contributed by atoms with Crippen LogP contribution in [0.4, 0.5) is 5.69 Å². The predicted octanol–water partition coefficient (Wildman–Crippen LogP) is 1.95. The first-order valence-corrected chi connectivity index (χ1v) is 6.50. The quantitative estimate of drug-likeness (QED) is 0.853. The predicted molar refractivity (Wildman–Crippen MR) is 78.5 cm³/mol. The number of benzene rings is 1. The Kier molecular flexibility index (Phi) is 4.37. The standard InChI is InChI=1S/C15H17N3O3/c1-10-7-15(17-18(10)3)21-9-14(20)16-13-6-4-5-12(8-13)11(2)19/h4-8H,9H2,1-3H3,(H,16,20). The molecule has 21 heavy (non-hydrogen) atoms.